The number of methoxy groups -OCH3 is 1. The van der Waals surface area contributed by atoms with Gasteiger partial charge >= 0.3 is 0 Å². The Labute approximate surface area is 157 Å². The van der Waals surface area contributed by atoms with Crippen LogP contribution in [0.2, 0.25) is 5.02 Å². The predicted octanol–water partition coefficient (Wildman–Crippen LogP) is 4.21. The Kier molecular flexibility index (Phi) is 5.06. The fourth-order valence-corrected chi connectivity index (χ4v) is 2.92. The molecule has 6 nitrogen and oxygen atoms in total. The van der Waals surface area contributed by atoms with Crippen LogP contribution in [0.15, 0.2) is 47.2 Å². The first kappa shape index (κ1) is 17.4. The van der Waals surface area contributed by atoms with E-state index in [1.807, 2.05) is 43.6 Å². The number of benzene rings is 2. The van der Waals surface area contributed by atoms with Gasteiger partial charge in [-0.05, 0) is 18.2 Å². The van der Waals surface area contributed by atoms with Crippen molar-refractivity contribution in [2.24, 2.45) is 7.05 Å². The van der Waals surface area contributed by atoms with Crippen LogP contribution in [0.5, 0.6) is 5.75 Å². The van der Waals surface area contributed by atoms with Crippen LogP contribution in [-0.4, -0.2) is 27.1 Å². The third-order valence-electron chi connectivity index (χ3n) is 3.52. The lowest BCUT2D eigenvalue weighted by Crippen LogP contribution is -1.91. The van der Waals surface area contributed by atoms with E-state index in [1.54, 1.807) is 11.8 Å². The number of hydrogen-bond donors (Lipinski definition) is 1. The normalized spacial score (nSPS) is 10.6. The number of nitrogens with zero attached hydrogens (tertiary/aromatic N) is 4. The van der Waals surface area contributed by atoms with Crippen LogP contribution >= 0.6 is 27.5 Å². The molecule has 0 radical (unpaired) electrons. The minimum absolute atomic E-state index is 0.632. The predicted molar refractivity (Wildman–Crippen MR) is 104 cm³/mol. The largest absolute Gasteiger partial charge is 0.495 e. The maximum Gasteiger partial charge on any atom is 0.144 e. The van der Waals surface area contributed by atoms with E-state index >= 15 is 0 Å². The van der Waals surface area contributed by atoms with E-state index < -0.39 is 0 Å². The number of aromatic nitrogens is 4. The van der Waals surface area contributed by atoms with Gasteiger partial charge in [-0.3, -0.25) is 4.68 Å². The van der Waals surface area contributed by atoms with Gasteiger partial charge in [0.2, 0.25) is 0 Å². The maximum absolute atomic E-state index is 5.89. The summed E-state index contributed by atoms with van der Waals surface area (Å²) in [6.07, 6.45) is 3.46. The number of fused-ring (bicyclic) bond motifs is 2. The number of ether oxygens (including phenoxy) is 1. The standard InChI is InChI=1S/C9H11N3O.C8H4BrClN2/c1-12-5-6-3-7(10)9(13-2)4-8(6)11-12;9-5-1-2-6-7(10)4-11-12-8(6)3-5/h3-5H,10H2,1-2H3;1-4H. The van der Waals surface area contributed by atoms with Crippen LogP contribution in [0, 0.1) is 0 Å². The lowest BCUT2D eigenvalue weighted by Gasteiger charge is -2.02. The zero-order chi connectivity index (χ0) is 18.0. The van der Waals surface area contributed by atoms with Gasteiger partial charge in [0.15, 0.2) is 0 Å². The summed E-state index contributed by atoms with van der Waals surface area (Å²) in [5.74, 6) is 0.672. The molecule has 4 aromatic rings. The lowest BCUT2D eigenvalue weighted by molar-refractivity contribution is 0.417. The average molecular weight is 421 g/mol. The third kappa shape index (κ3) is 3.83. The Balaban J connectivity index is 0.000000146. The average Bonchev–Trinajstić information content (AvgIpc) is 2.93. The summed E-state index contributed by atoms with van der Waals surface area (Å²) in [5, 5.41) is 14.5. The molecule has 0 saturated heterocycles. The van der Waals surface area contributed by atoms with E-state index in [9.17, 15) is 0 Å². The number of nitrogens with two attached hydrogens (primary N) is 1. The first-order valence-corrected chi connectivity index (χ1v) is 8.48. The summed E-state index contributed by atoms with van der Waals surface area (Å²) in [6.45, 7) is 0. The topological polar surface area (TPSA) is 78.9 Å². The molecule has 25 heavy (non-hydrogen) atoms. The second kappa shape index (κ2) is 7.25. The molecule has 2 N–H and O–H groups in total. The van der Waals surface area contributed by atoms with Crippen LogP contribution in [0.4, 0.5) is 5.69 Å². The summed E-state index contributed by atoms with van der Waals surface area (Å²) in [7, 11) is 3.48. The summed E-state index contributed by atoms with van der Waals surface area (Å²) >= 11 is 9.24. The van der Waals surface area contributed by atoms with Gasteiger partial charge in [0.25, 0.3) is 0 Å². The third-order valence-corrected chi connectivity index (χ3v) is 4.32. The molecule has 2 aromatic carbocycles. The second-order valence-corrected chi connectivity index (χ2v) is 6.63. The Morgan fingerprint density at radius 3 is 2.76 bits per heavy atom. The van der Waals surface area contributed by atoms with E-state index in [-0.39, 0.29) is 0 Å². The zero-order valence-electron chi connectivity index (χ0n) is 13.6. The Hall–Kier alpha value is -2.38. The minimum Gasteiger partial charge on any atom is -0.495 e. The van der Waals surface area contributed by atoms with Crippen molar-refractivity contribution in [3.05, 3.63) is 52.2 Å². The van der Waals surface area contributed by atoms with Crippen molar-refractivity contribution in [3.63, 3.8) is 0 Å². The summed E-state index contributed by atoms with van der Waals surface area (Å²) in [6, 6.07) is 9.42. The Bertz CT molecular complexity index is 1050. The highest BCUT2D eigenvalue weighted by Gasteiger charge is 2.04. The highest BCUT2D eigenvalue weighted by molar-refractivity contribution is 9.10. The highest BCUT2D eigenvalue weighted by atomic mass is 79.9. The molecule has 4 rings (SSSR count). The molecule has 128 valence electrons. The van der Waals surface area contributed by atoms with Crippen molar-refractivity contribution in [1.82, 2.24) is 20.0 Å². The number of halogens is 2. The number of hydrogen-bond acceptors (Lipinski definition) is 5. The van der Waals surface area contributed by atoms with Gasteiger partial charge in [-0.25, -0.2) is 0 Å². The summed E-state index contributed by atoms with van der Waals surface area (Å²) in [4.78, 5) is 0. The van der Waals surface area contributed by atoms with Crippen molar-refractivity contribution in [1.29, 1.82) is 0 Å². The van der Waals surface area contributed by atoms with Crippen molar-refractivity contribution in [2.75, 3.05) is 12.8 Å². The number of rotatable bonds is 1. The van der Waals surface area contributed by atoms with Crippen LogP contribution in [0.1, 0.15) is 0 Å². The van der Waals surface area contributed by atoms with Crippen molar-refractivity contribution in [2.45, 2.75) is 0 Å². The number of anilines is 1. The van der Waals surface area contributed by atoms with Gasteiger partial charge in [0.1, 0.15) is 5.75 Å². The summed E-state index contributed by atoms with van der Waals surface area (Å²) in [5.41, 5.74) is 8.09. The SMILES string of the molecule is COc1cc2nn(C)cc2cc1N.Clc1cnnc2cc(Br)ccc12. The first-order chi connectivity index (χ1) is 12.0. The monoisotopic (exact) mass is 419 g/mol. The second-order valence-electron chi connectivity index (χ2n) is 5.31. The maximum atomic E-state index is 5.89. The molecule has 0 unspecified atom stereocenters. The molecular weight excluding hydrogens is 406 g/mol. The molecule has 0 bridgehead atoms. The van der Waals surface area contributed by atoms with Crippen LogP contribution in [-0.2, 0) is 7.05 Å². The molecule has 0 amide bonds. The quantitative estimate of drug-likeness (QED) is 0.467. The van der Waals surface area contributed by atoms with E-state index in [0.717, 1.165) is 26.3 Å². The fourth-order valence-electron chi connectivity index (χ4n) is 2.37. The molecule has 8 heteroatoms. The number of aryl methyl sites for hydroxylation is 1. The highest BCUT2D eigenvalue weighted by Crippen LogP contribution is 2.26. The van der Waals surface area contributed by atoms with E-state index in [2.05, 4.69) is 31.2 Å². The summed E-state index contributed by atoms with van der Waals surface area (Å²) < 4.78 is 7.82. The van der Waals surface area contributed by atoms with Crippen molar-refractivity contribution >= 4 is 55.0 Å². The van der Waals surface area contributed by atoms with Gasteiger partial charge in [0.05, 0.1) is 35.1 Å². The molecular formula is C17H15BrClN5O. The smallest absolute Gasteiger partial charge is 0.144 e. The van der Waals surface area contributed by atoms with Gasteiger partial charge < -0.3 is 10.5 Å². The van der Waals surface area contributed by atoms with E-state index in [1.165, 1.54) is 6.20 Å². The van der Waals surface area contributed by atoms with Gasteiger partial charge in [0, 0.05) is 34.6 Å². The first-order valence-electron chi connectivity index (χ1n) is 7.31. The zero-order valence-corrected chi connectivity index (χ0v) is 15.9. The van der Waals surface area contributed by atoms with E-state index in [0.29, 0.717) is 16.5 Å². The molecule has 0 spiro atoms. The molecule has 0 saturated carbocycles. The molecule has 0 atom stereocenters. The van der Waals surface area contributed by atoms with E-state index in [4.69, 9.17) is 22.1 Å². The van der Waals surface area contributed by atoms with Crippen LogP contribution in [0.25, 0.3) is 21.8 Å². The van der Waals surface area contributed by atoms with Gasteiger partial charge in [-0.2, -0.15) is 15.3 Å². The van der Waals surface area contributed by atoms with Crippen LogP contribution < -0.4 is 10.5 Å². The molecule has 2 heterocycles. The van der Waals surface area contributed by atoms with Crippen molar-refractivity contribution in [3.8, 4) is 5.75 Å². The molecule has 0 aliphatic carbocycles. The fraction of sp³-hybridized carbons (Fsp3) is 0.118. The Morgan fingerprint density at radius 1 is 1.20 bits per heavy atom. The number of nitrogen functional groups attached to an aromatic ring is 1. The minimum atomic E-state index is 0.632. The Morgan fingerprint density at radius 2 is 2.00 bits per heavy atom. The van der Waals surface area contributed by atoms with Gasteiger partial charge in [-0.1, -0.05) is 33.6 Å². The lowest BCUT2D eigenvalue weighted by atomic mass is 10.2. The van der Waals surface area contributed by atoms with Crippen LogP contribution in [0.3, 0.4) is 0 Å². The van der Waals surface area contributed by atoms with Gasteiger partial charge in [-0.15, -0.1) is 0 Å². The van der Waals surface area contributed by atoms with Crippen molar-refractivity contribution < 1.29 is 4.74 Å². The molecule has 2 aromatic heterocycles. The molecule has 0 aliphatic rings. The molecule has 0 fully saturated rings. The molecule has 0 aliphatic heterocycles.